The van der Waals surface area contributed by atoms with Gasteiger partial charge in [-0.1, -0.05) is 0 Å². The number of amides is 3. The van der Waals surface area contributed by atoms with Crippen molar-refractivity contribution >= 4 is 17.8 Å². The van der Waals surface area contributed by atoms with Gasteiger partial charge in [-0.15, -0.1) is 10.2 Å². The molecule has 11 nitrogen and oxygen atoms in total. The lowest BCUT2D eigenvalue weighted by atomic mass is 9.71. The highest BCUT2D eigenvalue weighted by Crippen LogP contribution is 2.45. The number of piperidine rings is 1. The lowest BCUT2D eigenvalue weighted by Crippen LogP contribution is -2.61. The monoisotopic (exact) mass is 638 g/mol. The van der Waals surface area contributed by atoms with Crippen LogP contribution in [-0.2, 0) is 0 Å². The van der Waals surface area contributed by atoms with Gasteiger partial charge in [0.1, 0.15) is 17.9 Å². The fourth-order valence-corrected chi connectivity index (χ4v) is 7.41. The van der Waals surface area contributed by atoms with E-state index in [2.05, 4.69) is 37.2 Å². The smallest absolute Gasteiger partial charge is 0.317 e. The predicted octanol–water partition coefficient (Wildman–Crippen LogP) is 5.18. The van der Waals surface area contributed by atoms with Crippen LogP contribution in [-0.4, -0.2) is 106 Å². The molecule has 0 unspecified atom stereocenters. The van der Waals surface area contributed by atoms with Crippen molar-refractivity contribution in [1.29, 1.82) is 0 Å². The number of nitrogens with one attached hydrogen (secondary N) is 1. The van der Waals surface area contributed by atoms with E-state index in [1.54, 1.807) is 23.9 Å². The predicted molar refractivity (Wildman–Crippen MR) is 176 cm³/mol. The first-order chi connectivity index (χ1) is 21.8. The van der Waals surface area contributed by atoms with Crippen LogP contribution in [0.1, 0.15) is 83.5 Å². The summed E-state index contributed by atoms with van der Waals surface area (Å²) in [5.74, 6) is 0.884. The molecule has 3 aliphatic rings. The largest absolute Gasteiger partial charge is 0.434 e. The van der Waals surface area contributed by atoms with Crippen LogP contribution in [0.2, 0.25) is 0 Å². The number of halogens is 1. The molecule has 3 heterocycles. The fraction of sp³-hybridized carbons (Fsp3) is 0.676. The highest BCUT2D eigenvalue weighted by molar-refractivity contribution is 5.97. The number of anilines is 1. The summed E-state index contributed by atoms with van der Waals surface area (Å²) in [5.41, 5.74) is 0.257. The van der Waals surface area contributed by atoms with E-state index in [-0.39, 0.29) is 52.2 Å². The molecule has 1 spiro atoms. The summed E-state index contributed by atoms with van der Waals surface area (Å²) in [4.78, 5) is 38.3. The highest BCUT2D eigenvalue weighted by atomic mass is 19.1. The summed E-state index contributed by atoms with van der Waals surface area (Å²) >= 11 is 0. The van der Waals surface area contributed by atoms with Crippen molar-refractivity contribution in [1.82, 2.24) is 35.2 Å². The van der Waals surface area contributed by atoms with E-state index in [1.165, 1.54) is 24.5 Å². The molecule has 3 amide bonds. The van der Waals surface area contributed by atoms with Crippen molar-refractivity contribution < 1.29 is 18.7 Å². The highest BCUT2D eigenvalue weighted by Gasteiger charge is 2.47. The van der Waals surface area contributed by atoms with Crippen molar-refractivity contribution in [2.24, 2.45) is 11.3 Å². The van der Waals surface area contributed by atoms with Crippen LogP contribution in [0.4, 0.5) is 15.0 Å². The van der Waals surface area contributed by atoms with Crippen molar-refractivity contribution in [2.75, 3.05) is 51.7 Å². The van der Waals surface area contributed by atoms with E-state index in [0.29, 0.717) is 11.7 Å². The number of hydrogen-bond acceptors (Lipinski definition) is 8. The Morgan fingerprint density at radius 2 is 1.72 bits per heavy atom. The number of aromatic nitrogens is 3. The first-order valence-electron chi connectivity index (χ1n) is 16.7. The van der Waals surface area contributed by atoms with Crippen molar-refractivity contribution in [2.45, 2.75) is 90.8 Å². The number of likely N-dealkylation sites (tertiary alicyclic amines) is 1. The van der Waals surface area contributed by atoms with Crippen LogP contribution >= 0.6 is 0 Å². The lowest BCUT2D eigenvalue weighted by molar-refractivity contribution is 0.0583. The second kappa shape index (κ2) is 13.7. The Morgan fingerprint density at radius 1 is 1.07 bits per heavy atom. The maximum Gasteiger partial charge on any atom is 0.317 e. The second-order valence-electron chi connectivity index (χ2n) is 14.7. The van der Waals surface area contributed by atoms with E-state index in [0.717, 1.165) is 71.2 Å². The number of carbonyl (C=O) groups is 2. The molecule has 3 fully saturated rings. The Morgan fingerprint density at radius 3 is 2.33 bits per heavy atom. The molecular formula is C34H51FN8O3. The van der Waals surface area contributed by atoms with E-state index in [1.807, 2.05) is 27.7 Å². The molecule has 1 N–H and O–H groups in total. The maximum atomic E-state index is 14.3. The average molecular weight is 639 g/mol. The maximum absolute atomic E-state index is 14.3. The molecule has 12 heteroatoms. The van der Waals surface area contributed by atoms with Crippen LogP contribution < -0.4 is 15.0 Å². The standard InChI is InChI=1S/C34H51FN8O3/c1-23(2)43(24(3)4)31(44)27-18-26(35)8-9-28(27)46-30-29(36-22-37-39-30)42-20-34(21-42)14-16-41(17-15-34)19-25-10-12-33(5,13-11-25)38-32(45)40(6)7/h8-9,18,22-25H,10-17,19-21H2,1-7H3,(H,38,45)/t25-,33-. The van der Waals surface area contributed by atoms with Crippen molar-refractivity contribution in [3.05, 3.63) is 35.9 Å². The molecule has 0 radical (unpaired) electrons. The van der Waals surface area contributed by atoms with Crippen LogP contribution in [0.25, 0.3) is 0 Å². The zero-order valence-corrected chi connectivity index (χ0v) is 28.6. The molecule has 0 atom stereocenters. The van der Waals surface area contributed by atoms with Crippen molar-refractivity contribution in [3.8, 4) is 11.6 Å². The Kier molecular flexibility index (Phi) is 10.0. The summed E-state index contributed by atoms with van der Waals surface area (Å²) in [5, 5.41) is 11.4. The number of ether oxygens (including phenoxy) is 1. The molecule has 1 saturated carbocycles. The van der Waals surface area contributed by atoms with Crippen LogP contribution in [0, 0.1) is 17.2 Å². The number of nitrogens with zero attached hydrogens (tertiary/aromatic N) is 7. The molecular weight excluding hydrogens is 587 g/mol. The third-order valence-electron chi connectivity index (χ3n) is 10.1. The summed E-state index contributed by atoms with van der Waals surface area (Å²) in [6.07, 6.45) is 7.96. The third-order valence-corrected chi connectivity index (χ3v) is 10.1. The molecule has 1 aromatic carbocycles. The fourth-order valence-electron chi connectivity index (χ4n) is 7.41. The molecule has 5 rings (SSSR count). The number of urea groups is 1. The first kappa shape index (κ1) is 33.8. The van der Waals surface area contributed by atoms with Gasteiger partial charge in [-0.25, -0.2) is 14.2 Å². The third kappa shape index (κ3) is 7.53. The van der Waals surface area contributed by atoms with Crippen LogP contribution in [0.15, 0.2) is 24.5 Å². The van der Waals surface area contributed by atoms with Gasteiger partial charge in [0.25, 0.3) is 11.8 Å². The summed E-state index contributed by atoms with van der Waals surface area (Å²) in [7, 11) is 3.57. The summed E-state index contributed by atoms with van der Waals surface area (Å²) in [6.45, 7) is 14.9. The molecule has 2 aromatic rings. The van der Waals surface area contributed by atoms with Gasteiger partial charge in [0.15, 0.2) is 5.82 Å². The van der Waals surface area contributed by atoms with Gasteiger partial charge in [-0.05, 0) is 110 Å². The molecule has 2 aliphatic heterocycles. The first-order valence-corrected chi connectivity index (χ1v) is 16.7. The molecule has 46 heavy (non-hydrogen) atoms. The van der Waals surface area contributed by atoms with Gasteiger partial charge < -0.3 is 29.7 Å². The average Bonchev–Trinajstić information content (AvgIpc) is 2.98. The second-order valence-corrected chi connectivity index (χ2v) is 14.7. The van der Waals surface area contributed by atoms with Gasteiger partial charge in [0.05, 0.1) is 5.56 Å². The summed E-state index contributed by atoms with van der Waals surface area (Å²) < 4.78 is 20.5. The summed E-state index contributed by atoms with van der Waals surface area (Å²) in [6, 6.07) is 3.83. The number of carbonyl (C=O) groups excluding carboxylic acids is 2. The van der Waals surface area contributed by atoms with Crippen molar-refractivity contribution in [3.63, 3.8) is 0 Å². The topological polar surface area (TPSA) is 107 Å². The minimum atomic E-state index is -0.507. The van der Waals surface area contributed by atoms with Crippen LogP contribution in [0.3, 0.4) is 0 Å². The number of benzene rings is 1. The van der Waals surface area contributed by atoms with Gasteiger partial charge in [0.2, 0.25) is 0 Å². The van der Waals surface area contributed by atoms with E-state index in [4.69, 9.17) is 4.74 Å². The Balaban J connectivity index is 1.16. The minimum Gasteiger partial charge on any atom is -0.434 e. The van der Waals surface area contributed by atoms with E-state index < -0.39 is 5.82 Å². The molecule has 252 valence electrons. The van der Waals surface area contributed by atoms with Gasteiger partial charge >= 0.3 is 6.03 Å². The molecule has 1 aliphatic carbocycles. The molecule has 1 aromatic heterocycles. The van der Waals surface area contributed by atoms with Gasteiger partial charge in [0, 0.05) is 56.8 Å². The van der Waals surface area contributed by atoms with Gasteiger partial charge in [-0.2, -0.15) is 0 Å². The Hall–Kier alpha value is -3.54. The zero-order valence-electron chi connectivity index (χ0n) is 28.6. The zero-order chi connectivity index (χ0) is 33.2. The molecule has 0 bridgehead atoms. The van der Waals surface area contributed by atoms with Gasteiger partial charge in [-0.3, -0.25) is 4.79 Å². The minimum absolute atomic E-state index is 0.0109. The SMILES string of the molecule is CC(C)N(C(=O)c1cc(F)ccc1Oc1nncnc1N1CC2(CCN(C[C@H]3CC[C@](C)(NC(=O)N(C)C)CC3)CC2)C1)C(C)C. The quantitative estimate of drug-likeness (QED) is 0.400. The van der Waals surface area contributed by atoms with E-state index in [9.17, 15) is 14.0 Å². The number of rotatable bonds is 9. The van der Waals surface area contributed by atoms with E-state index >= 15 is 0 Å². The Bertz CT molecular complexity index is 1370. The lowest BCUT2D eigenvalue weighted by Gasteiger charge is -2.54. The number of hydrogen-bond donors (Lipinski definition) is 1. The molecule has 2 saturated heterocycles. The van der Waals surface area contributed by atoms with Crippen LogP contribution in [0.5, 0.6) is 11.6 Å². The normalized spacial score (nSPS) is 22.9. The Labute approximate surface area is 272 Å².